The fourth-order valence-electron chi connectivity index (χ4n) is 2.68. The molecule has 3 nitrogen and oxygen atoms in total. The molecule has 1 amide bonds. The number of rotatable bonds is 3. The summed E-state index contributed by atoms with van der Waals surface area (Å²) in [5.41, 5.74) is 2.10. The molecule has 0 N–H and O–H groups in total. The minimum atomic E-state index is -0.211. The third kappa shape index (κ3) is 2.85. The van der Waals surface area contributed by atoms with Gasteiger partial charge in [-0.2, -0.15) is 0 Å². The van der Waals surface area contributed by atoms with E-state index >= 15 is 0 Å². The van der Waals surface area contributed by atoms with Crippen molar-refractivity contribution in [1.29, 1.82) is 0 Å². The Bertz CT molecular complexity index is 672. The van der Waals surface area contributed by atoms with Gasteiger partial charge in [-0.3, -0.25) is 0 Å². The Morgan fingerprint density at radius 3 is 2.36 bits per heavy atom. The van der Waals surface area contributed by atoms with Crippen LogP contribution in [-0.2, 0) is 9.53 Å². The van der Waals surface area contributed by atoms with Gasteiger partial charge in [-0.15, -0.1) is 0 Å². The van der Waals surface area contributed by atoms with E-state index in [1.807, 2.05) is 67.6 Å². The first kappa shape index (κ1) is 15.0. The first-order chi connectivity index (χ1) is 10.7. The van der Waals surface area contributed by atoms with Crippen LogP contribution < -0.4 is 0 Å². The summed E-state index contributed by atoms with van der Waals surface area (Å²) < 4.78 is 6.16. The molecule has 0 spiro atoms. The van der Waals surface area contributed by atoms with Crippen molar-refractivity contribution >= 4 is 26.2 Å². The van der Waals surface area contributed by atoms with Gasteiger partial charge in [0, 0.05) is 0 Å². The van der Waals surface area contributed by atoms with E-state index in [-0.39, 0.29) is 17.9 Å². The Balaban J connectivity index is 1.88. The summed E-state index contributed by atoms with van der Waals surface area (Å²) >= 11 is 2.88. The van der Waals surface area contributed by atoms with Crippen molar-refractivity contribution in [3.63, 3.8) is 0 Å². The van der Waals surface area contributed by atoms with Gasteiger partial charge in [0.1, 0.15) is 0 Å². The van der Waals surface area contributed by atoms with Crippen LogP contribution in [0.15, 0.2) is 60.7 Å². The van der Waals surface area contributed by atoms with Gasteiger partial charge in [0.05, 0.1) is 0 Å². The van der Waals surface area contributed by atoms with Gasteiger partial charge >= 0.3 is 138 Å². The van der Waals surface area contributed by atoms with Gasteiger partial charge < -0.3 is 0 Å². The number of benzene rings is 2. The van der Waals surface area contributed by atoms with Gasteiger partial charge in [0.15, 0.2) is 0 Å². The number of carbonyl (C=O) groups is 1. The molecular weight excluding hydrogens is 341 g/mol. The van der Waals surface area contributed by atoms with Gasteiger partial charge in [0.25, 0.3) is 0 Å². The zero-order valence-corrected chi connectivity index (χ0v) is 14.0. The summed E-state index contributed by atoms with van der Waals surface area (Å²) in [7, 11) is 0. The summed E-state index contributed by atoms with van der Waals surface area (Å²) in [6, 6.07) is 19.8. The second kappa shape index (κ2) is 6.47. The predicted octanol–water partition coefficient (Wildman–Crippen LogP) is 2.65. The van der Waals surface area contributed by atoms with Crippen molar-refractivity contribution in [1.82, 2.24) is 4.90 Å². The molecule has 0 unspecified atom stereocenters. The maximum absolute atomic E-state index is 12.9. The van der Waals surface area contributed by atoms with E-state index in [1.165, 1.54) is 0 Å². The summed E-state index contributed by atoms with van der Waals surface area (Å²) in [5.74, 6) is -0.163. The molecule has 1 heterocycles. The molecule has 1 saturated heterocycles. The molecule has 0 saturated carbocycles. The molecule has 3 rings (SSSR count). The third-order valence-electron chi connectivity index (χ3n) is 3.96. The molecule has 0 aromatic heterocycles. The van der Waals surface area contributed by atoms with Gasteiger partial charge in [0.2, 0.25) is 0 Å². The van der Waals surface area contributed by atoms with Crippen molar-refractivity contribution in [3.05, 3.63) is 71.8 Å². The molecule has 2 atom stereocenters. The van der Waals surface area contributed by atoms with E-state index in [0.29, 0.717) is 11.3 Å². The molecule has 1 aliphatic heterocycles. The number of hydrogen-bond acceptors (Lipinski definition) is 2. The second-order valence-corrected chi connectivity index (χ2v) is 6.08. The van der Waals surface area contributed by atoms with E-state index in [0.717, 1.165) is 11.1 Å². The van der Waals surface area contributed by atoms with Crippen LogP contribution in [0, 0.1) is 0 Å². The van der Waals surface area contributed by atoms with Crippen LogP contribution in [0.1, 0.15) is 30.0 Å². The van der Waals surface area contributed by atoms with Crippen LogP contribution in [0.25, 0.3) is 0 Å². The fourth-order valence-corrected chi connectivity index (χ4v) is 3.28. The van der Waals surface area contributed by atoms with E-state index < -0.39 is 0 Å². The summed E-state index contributed by atoms with van der Waals surface area (Å²) in [5, 5.41) is 0. The topological polar surface area (TPSA) is 29.5 Å². The van der Waals surface area contributed by atoms with Crippen LogP contribution in [0.2, 0.25) is 0 Å². The third-order valence-corrected chi connectivity index (χ3v) is 4.62. The van der Waals surface area contributed by atoms with Crippen molar-refractivity contribution in [2.24, 2.45) is 0 Å². The number of amides is 1. The molecule has 2 aromatic carbocycles. The number of carbonyl (C=O) groups excluding carboxylic acids is 1. The first-order valence-electron chi connectivity index (χ1n) is 7.28. The Labute approximate surface area is 138 Å². The fraction of sp³-hybridized carbons (Fsp3) is 0.222. The number of ether oxygens (including phenoxy) is 1. The van der Waals surface area contributed by atoms with Gasteiger partial charge in [-0.1, -0.05) is 0 Å². The van der Waals surface area contributed by atoms with Crippen molar-refractivity contribution in [2.45, 2.75) is 18.9 Å². The molecule has 0 radical (unpaired) electrons. The zero-order chi connectivity index (χ0) is 15.5. The molecule has 0 bridgehead atoms. The molecule has 22 heavy (non-hydrogen) atoms. The van der Waals surface area contributed by atoms with Crippen LogP contribution in [0.5, 0.6) is 0 Å². The molecule has 1 aliphatic rings. The zero-order valence-electron chi connectivity index (χ0n) is 12.3. The Morgan fingerprint density at radius 2 is 1.73 bits per heavy atom. The molecule has 112 valence electrons. The average Bonchev–Trinajstić information content (AvgIpc) is 2.96. The number of hydrogen-bond donors (Lipinski definition) is 0. The Hall–Kier alpha value is -1.90. The van der Waals surface area contributed by atoms with E-state index in [4.69, 9.17) is 4.74 Å². The maximum atomic E-state index is 12.9. The van der Waals surface area contributed by atoms with Gasteiger partial charge in [-0.05, 0) is 0 Å². The standard InChI is InChI=1S/C18H17NO2Se/c1-13(14-8-4-2-5-9-14)17(20)19-16(12-21-18(19)22)15-10-6-3-7-11-15/h2-11,13,16H,12H2,1H3/t13-,16+/m1/s1. The average molecular weight is 358 g/mol. The van der Waals surface area contributed by atoms with Crippen molar-refractivity contribution in [3.8, 4) is 0 Å². The predicted molar refractivity (Wildman–Crippen MR) is 87.6 cm³/mol. The van der Waals surface area contributed by atoms with E-state index in [1.54, 1.807) is 4.90 Å². The summed E-state index contributed by atoms with van der Waals surface area (Å²) in [6.45, 7) is 2.42. The minimum absolute atomic E-state index is 0.0475. The van der Waals surface area contributed by atoms with Crippen LogP contribution >= 0.6 is 0 Å². The summed E-state index contributed by atoms with van der Waals surface area (Å²) in [4.78, 5) is 14.7. The van der Waals surface area contributed by atoms with Crippen LogP contribution in [-0.4, -0.2) is 37.7 Å². The van der Waals surface area contributed by atoms with Crippen molar-refractivity contribution < 1.29 is 9.53 Å². The normalized spacial score (nSPS) is 18.9. The van der Waals surface area contributed by atoms with E-state index in [9.17, 15) is 4.79 Å². The van der Waals surface area contributed by atoms with E-state index in [2.05, 4.69) is 15.6 Å². The Kier molecular flexibility index (Phi) is 4.41. The van der Waals surface area contributed by atoms with Crippen LogP contribution in [0.4, 0.5) is 0 Å². The molecular formula is C18H17NO2Se. The quantitative estimate of drug-likeness (QED) is 0.790. The monoisotopic (exact) mass is 359 g/mol. The molecule has 0 aliphatic carbocycles. The first-order valence-corrected chi connectivity index (χ1v) is 8.14. The molecule has 1 fully saturated rings. The number of nitrogens with zero attached hydrogens (tertiary/aromatic N) is 1. The second-order valence-electron chi connectivity index (χ2n) is 5.34. The molecule has 4 heteroatoms. The van der Waals surface area contributed by atoms with Crippen molar-refractivity contribution in [2.75, 3.05) is 6.61 Å². The van der Waals surface area contributed by atoms with Gasteiger partial charge in [-0.25, -0.2) is 0 Å². The summed E-state index contributed by atoms with van der Waals surface area (Å²) in [6.07, 6.45) is 0. The van der Waals surface area contributed by atoms with Crippen LogP contribution in [0.3, 0.4) is 0 Å². The SMILES string of the molecule is C[C@@H](C(=O)N1C(=[Se])OC[C@H]1c1ccccc1)c1ccccc1. The molecule has 2 aromatic rings. The Morgan fingerprint density at radius 1 is 1.14 bits per heavy atom.